The third-order valence-corrected chi connectivity index (χ3v) is 6.99. The molecule has 2 aromatic rings. The zero-order valence-electron chi connectivity index (χ0n) is 18.1. The molecule has 2 aliphatic rings. The number of rotatable bonds is 5. The number of carbonyl (C=O) groups excluding carboxylic acids is 2. The van der Waals surface area contributed by atoms with Gasteiger partial charge in [0.05, 0.1) is 35.8 Å². The average molecular weight is 479 g/mol. The van der Waals surface area contributed by atoms with Crippen LogP contribution in [-0.4, -0.2) is 70.6 Å². The van der Waals surface area contributed by atoms with Crippen LogP contribution in [0.4, 0.5) is 0 Å². The monoisotopic (exact) mass is 478 g/mol. The highest BCUT2D eigenvalue weighted by Crippen LogP contribution is 2.53. The molecule has 2 aliphatic carbocycles. The summed E-state index contributed by atoms with van der Waals surface area (Å²) in [5.74, 6) is -4.66. The van der Waals surface area contributed by atoms with Crippen LogP contribution in [-0.2, 0) is 15.9 Å². The zero-order chi connectivity index (χ0) is 24.3. The highest BCUT2D eigenvalue weighted by atomic mass is 35.5. The van der Waals surface area contributed by atoms with Crippen LogP contribution in [0.25, 0.3) is 0 Å². The number of aliphatic hydroxyl groups is 2. The molecule has 0 heterocycles. The van der Waals surface area contributed by atoms with Gasteiger partial charge in [-0.2, -0.15) is 0 Å². The number of fused-ring (bicyclic) bond motifs is 3. The molecule has 4 N–H and O–H groups in total. The maximum atomic E-state index is 13.3. The quantitative estimate of drug-likeness (QED) is 0.245. The fourth-order valence-electron chi connectivity index (χ4n) is 4.93. The lowest BCUT2D eigenvalue weighted by atomic mass is 9.70. The molecule has 0 amide bonds. The molecule has 0 bridgehead atoms. The van der Waals surface area contributed by atoms with Gasteiger partial charge in [0.2, 0.25) is 11.6 Å². The summed E-state index contributed by atoms with van der Waals surface area (Å²) in [5, 5.41) is 44.5. The number of aromatic hydroxyl groups is 2. The summed E-state index contributed by atoms with van der Waals surface area (Å²) in [5.41, 5.74) is -3.11. The number of hydrogen-bond donors (Lipinski definition) is 4. The van der Waals surface area contributed by atoms with Crippen molar-refractivity contribution < 1.29 is 44.2 Å². The Morgan fingerprint density at radius 3 is 2.27 bits per heavy atom. The summed E-state index contributed by atoms with van der Waals surface area (Å²) in [6.45, 7) is 0. The normalized spacial score (nSPS) is 21.9. The number of alkyl halides is 1. The van der Waals surface area contributed by atoms with Crippen LogP contribution in [0.2, 0.25) is 0 Å². The number of halogens is 1. The fourth-order valence-corrected chi connectivity index (χ4v) is 5.40. The van der Waals surface area contributed by atoms with Crippen molar-refractivity contribution in [1.82, 2.24) is 0 Å². The molecule has 10 heteroatoms. The second-order valence-corrected chi connectivity index (χ2v) is 8.37. The van der Waals surface area contributed by atoms with Crippen molar-refractivity contribution in [3.63, 3.8) is 0 Å². The molecule has 0 spiro atoms. The maximum absolute atomic E-state index is 13.3. The summed E-state index contributed by atoms with van der Waals surface area (Å²) in [6.07, 6.45) is -2.31. The lowest BCUT2D eigenvalue weighted by Crippen LogP contribution is -2.61. The van der Waals surface area contributed by atoms with Crippen molar-refractivity contribution >= 4 is 23.2 Å². The van der Waals surface area contributed by atoms with Crippen LogP contribution >= 0.6 is 11.6 Å². The molecule has 0 aromatic heterocycles. The largest absolute Gasteiger partial charge is 0.507 e. The van der Waals surface area contributed by atoms with Gasteiger partial charge in [0, 0.05) is 43.8 Å². The maximum Gasteiger partial charge on any atom is 0.211 e. The predicted octanol–water partition coefficient (Wildman–Crippen LogP) is 1.82. The number of hydrogen-bond acceptors (Lipinski definition) is 9. The zero-order valence-corrected chi connectivity index (χ0v) is 18.9. The summed E-state index contributed by atoms with van der Waals surface area (Å²) in [4.78, 5) is 26.6. The number of phenolic OH excluding ortho intramolecular Hbond substituents is 2. The van der Waals surface area contributed by atoms with Crippen molar-refractivity contribution in [3.05, 3.63) is 51.6 Å². The fraction of sp³-hybridized carbons (Fsp3) is 0.391. The second-order valence-electron chi connectivity index (χ2n) is 8.10. The third kappa shape index (κ3) is 3.00. The lowest BCUT2D eigenvalue weighted by Gasteiger charge is -2.47. The van der Waals surface area contributed by atoms with Gasteiger partial charge in [0.15, 0.2) is 5.78 Å². The van der Waals surface area contributed by atoms with E-state index in [2.05, 4.69) is 0 Å². The molecule has 0 fully saturated rings. The van der Waals surface area contributed by atoms with E-state index < -0.39 is 51.7 Å². The summed E-state index contributed by atoms with van der Waals surface area (Å²) in [6, 6.07) is 4.44. The van der Waals surface area contributed by atoms with Crippen molar-refractivity contribution in [2.24, 2.45) is 0 Å². The van der Waals surface area contributed by atoms with Gasteiger partial charge < -0.3 is 34.6 Å². The molecule has 0 radical (unpaired) electrons. The topological polar surface area (TPSA) is 143 Å². The van der Waals surface area contributed by atoms with Crippen molar-refractivity contribution in [2.75, 3.05) is 27.2 Å². The molecule has 33 heavy (non-hydrogen) atoms. The molecular weight excluding hydrogens is 456 g/mol. The van der Waals surface area contributed by atoms with Crippen LogP contribution < -0.4 is 4.74 Å². The number of methoxy groups -OCH3 is 3. The van der Waals surface area contributed by atoms with Gasteiger partial charge in [-0.05, 0) is 6.07 Å². The molecule has 0 saturated carbocycles. The van der Waals surface area contributed by atoms with Gasteiger partial charge in [-0.3, -0.25) is 9.59 Å². The molecule has 2 aromatic carbocycles. The first kappa shape index (κ1) is 23.5. The lowest BCUT2D eigenvalue weighted by molar-refractivity contribution is -0.297. The number of ketones is 2. The van der Waals surface area contributed by atoms with E-state index in [1.165, 1.54) is 39.5 Å². The Hall–Kier alpha value is -2.69. The molecule has 9 nitrogen and oxygen atoms in total. The Morgan fingerprint density at radius 2 is 1.70 bits per heavy atom. The van der Waals surface area contributed by atoms with Crippen molar-refractivity contribution in [2.45, 2.75) is 30.3 Å². The van der Waals surface area contributed by atoms with E-state index >= 15 is 0 Å². The van der Waals surface area contributed by atoms with E-state index in [1.807, 2.05) is 0 Å². The number of ether oxygens (including phenoxy) is 3. The number of benzene rings is 2. The smallest absolute Gasteiger partial charge is 0.211 e. The van der Waals surface area contributed by atoms with E-state index in [1.54, 1.807) is 0 Å². The summed E-state index contributed by atoms with van der Waals surface area (Å²) in [7, 11) is 3.87. The van der Waals surface area contributed by atoms with Gasteiger partial charge in [0.25, 0.3) is 0 Å². The molecule has 0 saturated heterocycles. The SMILES string of the molecule is COc1cccc2c1C(=O)c1c(O)c3c(c(O)c1C2=O)C[C@@](O)(C(CCl)(OC)OC)C[C@@H]3O. The Balaban J connectivity index is 1.98. The van der Waals surface area contributed by atoms with Crippen LogP contribution in [0.3, 0.4) is 0 Å². The number of phenols is 2. The van der Waals surface area contributed by atoms with E-state index in [0.717, 1.165) is 0 Å². The standard InChI is InChI=1S/C23H23ClO9/c1-31-13-6-4-5-10-15(13)21(29)17-16(18(10)26)19(27)11-7-22(30,23(9-24,32-2)33-3)8-12(25)14(11)20(17)28/h4-6,12,25,27-28,30H,7-9H2,1-3H3/t12-,22-/m0/s1. The van der Waals surface area contributed by atoms with Gasteiger partial charge in [-0.1, -0.05) is 12.1 Å². The number of aliphatic hydroxyl groups excluding tert-OH is 1. The number of carbonyl (C=O) groups is 2. The first-order valence-corrected chi connectivity index (χ1v) is 10.6. The molecular formula is C23H23ClO9. The summed E-state index contributed by atoms with van der Waals surface area (Å²) >= 11 is 6.02. The van der Waals surface area contributed by atoms with E-state index in [0.29, 0.717) is 0 Å². The molecule has 176 valence electrons. The Kier molecular flexibility index (Phi) is 5.66. The Bertz CT molecular complexity index is 1160. The highest BCUT2D eigenvalue weighted by molar-refractivity contribution is 6.31. The van der Waals surface area contributed by atoms with Crippen molar-refractivity contribution in [3.8, 4) is 17.2 Å². The van der Waals surface area contributed by atoms with Crippen LogP contribution in [0.15, 0.2) is 18.2 Å². The van der Waals surface area contributed by atoms with Gasteiger partial charge in [0.1, 0.15) is 22.8 Å². The minimum Gasteiger partial charge on any atom is -0.507 e. The second kappa shape index (κ2) is 7.96. The van der Waals surface area contributed by atoms with E-state index in [4.69, 9.17) is 25.8 Å². The van der Waals surface area contributed by atoms with Crippen LogP contribution in [0.5, 0.6) is 17.2 Å². The third-order valence-electron chi connectivity index (χ3n) is 6.64. The Labute approximate surface area is 194 Å². The van der Waals surface area contributed by atoms with Gasteiger partial charge >= 0.3 is 0 Å². The molecule has 2 atom stereocenters. The first-order valence-electron chi connectivity index (χ1n) is 10.0. The predicted molar refractivity (Wildman–Crippen MR) is 115 cm³/mol. The molecule has 0 unspecified atom stereocenters. The summed E-state index contributed by atoms with van der Waals surface area (Å²) < 4.78 is 15.9. The Morgan fingerprint density at radius 1 is 1.06 bits per heavy atom. The minimum atomic E-state index is -1.94. The van der Waals surface area contributed by atoms with Crippen LogP contribution in [0, 0.1) is 0 Å². The van der Waals surface area contributed by atoms with Gasteiger partial charge in [-0.15, -0.1) is 11.6 Å². The molecule has 0 aliphatic heterocycles. The minimum absolute atomic E-state index is 0.00277. The molecule has 4 rings (SSSR count). The first-order chi connectivity index (χ1) is 15.6. The van der Waals surface area contributed by atoms with E-state index in [9.17, 15) is 30.0 Å². The highest BCUT2D eigenvalue weighted by Gasteiger charge is 2.56. The average Bonchev–Trinajstić information content (AvgIpc) is 2.80. The van der Waals surface area contributed by atoms with Crippen LogP contribution in [0.1, 0.15) is 55.5 Å². The van der Waals surface area contributed by atoms with Crippen molar-refractivity contribution in [1.29, 1.82) is 0 Å². The van der Waals surface area contributed by atoms with Gasteiger partial charge in [-0.25, -0.2) is 0 Å². The van der Waals surface area contributed by atoms with E-state index in [-0.39, 0.29) is 46.7 Å².